The number of aliphatic hydroxyl groups is 1. The minimum Gasteiger partial charge on any atom is -0.395 e. The maximum absolute atomic E-state index is 11.0. The van der Waals surface area contributed by atoms with E-state index in [1.54, 1.807) is 11.0 Å². The second kappa shape index (κ2) is 4.01. The van der Waals surface area contributed by atoms with Gasteiger partial charge in [0, 0.05) is 18.5 Å². The molecule has 1 heterocycles. The van der Waals surface area contributed by atoms with Crippen LogP contribution in [0.25, 0.3) is 0 Å². The highest BCUT2D eigenvalue weighted by atomic mass is 16.3. The summed E-state index contributed by atoms with van der Waals surface area (Å²) in [6.45, 7) is 2.69. The normalized spacial score (nSPS) is 17.7. The third kappa shape index (κ3) is 2.17. The standard InChI is InChI=1S/C8H12N2O2/c1-7-2-3-9-8(12)6-10(7)4-5-11/h2-3,11H,4-6H2,1H3. The van der Waals surface area contributed by atoms with Crippen LogP contribution >= 0.6 is 0 Å². The molecule has 0 aromatic carbocycles. The molecule has 1 N–H and O–H groups in total. The molecule has 0 radical (unpaired) electrons. The number of carbonyl (C=O) groups excluding carboxylic acids is 1. The fraction of sp³-hybridized carbons (Fsp3) is 0.500. The van der Waals surface area contributed by atoms with E-state index in [1.807, 2.05) is 6.92 Å². The molecule has 66 valence electrons. The van der Waals surface area contributed by atoms with E-state index in [1.165, 1.54) is 6.21 Å². The molecule has 0 spiro atoms. The van der Waals surface area contributed by atoms with Crippen LogP contribution in [0.2, 0.25) is 0 Å². The van der Waals surface area contributed by atoms with Crippen molar-refractivity contribution in [2.24, 2.45) is 4.99 Å². The van der Waals surface area contributed by atoms with Crippen LogP contribution < -0.4 is 0 Å². The SMILES string of the molecule is CC1=CC=NC(=O)CN1CCO. The summed E-state index contributed by atoms with van der Waals surface area (Å²) in [6.07, 6.45) is 3.26. The Bertz CT molecular complexity index is 233. The topological polar surface area (TPSA) is 52.9 Å². The van der Waals surface area contributed by atoms with Crippen LogP contribution in [0, 0.1) is 0 Å². The molecular formula is C8H12N2O2. The van der Waals surface area contributed by atoms with E-state index in [9.17, 15) is 4.79 Å². The zero-order valence-electron chi connectivity index (χ0n) is 7.03. The van der Waals surface area contributed by atoms with Crippen LogP contribution in [0.15, 0.2) is 16.8 Å². The van der Waals surface area contributed by atoms with Crippen LogP contribution in [0.3, 0.4) is 0 Å². The zero-order chi connectivity index (χ0) is 8.97. The number of carbonyl (C=O) groups is 1. The maximum Gasteiger partial charge on any atom is 0.265 e. The summed E-state index contributed by atoms with van der Waals surface area (Å²) in [5.74, 6) is -0.170. The third-order valence-corrected chi connectivity index (χ3v) is 1.73. The molecule has 4 nitrogen and oxygen atoms in total. The quantitative estimate of drug-likeness (QED) is 0.621. The molecule has 1 rings (SSSR count). The van der Waals surface area contributed by atoms with Gasteiger partial charge in [-0.25, -0.2) is 4.99 Å². The van der Waals surface area contributed by atoms with Crippen molar-refractivity contribution in [3.8, 4) is 0 Å². The van der Waals surface area contributed by atoms with E-state index in [2.05, 4.69) is 4.99 Å². The number of nitrogens with zero attached hydrogens (tertiary/aromatic N) is 2. The number of allylic oxidation sites excluding steroid dienone is 2. The van der Waals surface area contributed by atoms with Gasteiger partial charge in [-0.1, -0.05) is 0 Å². The highest BCUT2D eigenvalue weighted by Crippen LogP contribution is 2.04. The first-order valence-corrected chi connectivity index (χ1v) is 3.83. The Morgan fingerprint density at radius 1 is 1.75 bits per heavy atom. The van der Waals surface area contributed by atoms with Gasteiger partial charge in [0.2, 0.25) is 0 Å². The zero-order valence-corrected chi connectivity index (χ0v) is 7.03. The van der Waals surface area contributed by atoms with Crippen molar-refractivity contribution in [3.63, 3.8) is 0 Å². The molecule has 0 bridgehead atoms. The van der Waals surface area contributed by atoms with Gasteiger partial charge >= 0.3 is 0 Å². The van der Waals surface area contributed by atoms with Gasteiger partial charge in [-0.3, -0.25) is 4.79 Å². The summed E-state index contributed by atoms with van der Waals surface area (Å²) in [7, 11) is 0. The summed E-state index contributed by atoms with van der Waals surface area (Å²) in [4.78, 5) is 16.4. The van der Waals surface area contributed by atoms with E-state index in [0.29, 0.717) is 6.54 Å². The van der Waals surface area contributed by atoms with Gasteiger partial charge in [0.1, 0.15) is 0 Å². The first-order chi connectivity index (χ1) is 5.74. The van der Waals surface area contributed by atoms with Crippen molar-refractivity contribution in [1.82, 2.24) is 4.90 Å². The van der Waals surface area contributed by atoms with Crippen LogP contribution in [0.1, 0.15) is 6.92 Å². The molecule has 0 unspecified atom stereocenters. The van der Waals surface area contributed by atoms with E-state index < -0.39 is 0 Å². The summed E-state index contributed by atoms with van der Waals surface area (Å²) in [6, 6.07) is 0. The van der Waals surface area contributed by atoms with Gasteiger partial charge in [0.15, 0.2) is 0 Å². The lowest BCUT2D eigenvalue weighted by molar-refractivity contribution is -0.118. The number of aliphatic imine (C=N–C) groups is 1. The molecule has 0 aromatic heterocycles. The first kappa shape index (κ1) is 8.93. The van der Waals surface area contributed by atoms with Crippen LogP contribution in [-0.2, 0) is 4.79 Å². The van der Waals surface area contributed by atoms with Crippen molar-refractivity contribution in [2.45, 2.75) is 6.92 Å². The maximum atomic E-state index is 11.0. The highest BCUT2D eigenvalue weighted by molar-refractivity contribution is 5.91. The number of hydrogen-bond donors (Lipinski definition) is 1. The van der Waals surface area contributed by atoms with Crippen molar-refractivity contribution in [1.29, 1.82) is 0 Å². The molecule has 0 aromatic rings. The molecular weight excluding hydrogens is 156 g/mol. The van der Waals surface area contributed by atoms with Gasteiger partial charge in [0.25, 0.3) is 5.91 Å². The summed E-state index contributed by atoms with van der Waals surface area (Å²) in [5, 5.41) is 8.69. The molecule has 1 amide bonds. The van der Waals surface area contributed by atoms with Gasteiger partial charge in [-0.05, 0) is 13.0 Å². The molecule has 12 heavy (non-hydrogen) atoms. The predicted octanol–water partition coefficient (Wildman–Crippen LogP) is -0.205. The van der Waals surface area contributed by atoms with Gasteiger partial charge < -0.3 is 10.0 Å². The molecule has 0 atom stereocenters. The average Bonchev–Trinajstić information content (AvgIpc) is 2.16. The number of hydrogen-bond acceptors (Lipinski definition) is 3. The molecule has 1 aliphatic heterocycles. The van der Waals surface area contributed by atoms with Crippen LogP contribution in [0.5, 0.6) is 0 Å². The Balaban J connectivity index is 2.66. The monoisotopic (exact) mass is 168 g/mol. The second-order valence-electron chi connectivity index (χ2n) is 2.63. The third-order valence-electron chi connectivity index (χ3n) is 1.73. The van der Waals surface area contributed by atoms with Crippen molar-refractivity contribution in [2.75, 3.05) is 19.7 Å². The van der Waals surface area contributed by atoms with Gasteiger partial charge in [0.05, 0.1) is 13.2 Å². The number of rotatable bonds is 2. The summed E-state index contributed by atoms with van der Waals surface area (Å²) in [5.41, 5.74) is 0.957. The number of β-amino-alcohol motifs (C(OH)–C–C–N with tert-alkyl or cyclic N) is 1. The lowest BCUT2D eigenvalue weighted by Crippen LogP contribution is -2.29. The first-order valence-electron chi connectivity index (χ1n) is 3.83. The lowest BCUT2D eigenvalue weighted by Gasteiger charge is -2.20. The Morgan fingerprint density at radius 2 is 2.50 bits per heavy atom. The Labute approximate surface area is 71.2 Å². The summed E-state index contributed by atoms with van der Waals surface area (Å²) >= 11 is 0. The van der Waals surface area contributed by atoms with E-state index >= 15 is 0 Å². The van der Waals surface area contributed by atoms with Crippen LogP contribution in [-0.4, -0.2) is 41.8 Å². The number of amides is 1. The number of aliphatic hydroxyl groups excluding tert-OH is 1. The van der Waals surface area contributed by atoms with Gasteiger partial charge in [-0.15, -0.1) is 0 Å². The molecule has 0 saturated carbocycles. The van der Waals surface area contributed by atoms with E-state index in [0.717, 1.165) is 5.70 Å². The van der Waals surface area contributed by atoms with Crippen molar-refractivity contribution in [3.05, 3.63) is 11.8 Å². The highest BCUT2D eigenvalue weighted by Gasteiger charge is 2.11. The van der Waals surface area contributed by atoms with E-state index in [4.69, 9.17) is 5.11 Å². The molecule has 1 aliphatic rings. The summed E-state index contributed by atoms with van der Waals surface area (Å²) < 4.78 is 0. The Hall–Kier alpha value is -1.16. The minimum atomic E-state index is -0.170. The predicted molar refractivity (Wildman–Crippen MR) is 45.9 cm³/mol. The second-order valence-corrected chi connectivity index (χ2v) is 2.63. The fourth-order valence-corrected chi connectivity index (χ4v) is 1.04. The smallest absolute Gasteiger partial charge is 0.265 e. The molecule has 4 heteroatoms. The molecule has 0 fully saturated rings. The van der Waals surface area contributed by atoms with Crippen molar-refractivity contribution < 1.29 is 9.90 Å². The average molecular weight is 168 g/mol. The largest absolute Gasteiger partial charge is 0.395 e. The Kier molecular flexibility index (Phi) is 2.99. The lowest BCUT2D eigenvalue weighted by atomic mass is 10.3. The van der Waals surface area contributed by atoms with Gasteiger partial charge in [-0.2, -0.15) is 0 Å². The van der Waals surface area contributed by atoms with Crippen LogP contribution in [0.4, 0.5) is 0 Å². The minimum absolute atomic E-state index is 0.0540. The molecule has 0 aliphatic carbocycles. The molecule has 0 saturated heterocycles. The Morgan fingerprint density at radius 3 is 3.17 bits per heavy atom. The van der Waals surface area contributed by atoms with Crippen molar-refractivity contribution >= 4 is 12.1 Å². The van der Waals surface area contributed by atoms with E-state index in [-0.39, 0.29) is 19.1 Å². The fourth-order valence-electron chi connectivity index (χ4n) is 1.04.